The molecule has 1 fully saturated rings. The molecule has 0 unspecified atom stereocenters. The zero-order valence-electron chi connectivity index (χ0n) is 13.9. The molecule has 6 nitrogen and oxygen atoms in total. The standard InChI is InChI=1S/C17H21N3O3S.ClH/c1-12(21)19-16-6-7-17(15-5-3-2-4-14(15)16)24(22,23)20-13-8-10-18-11-9-13;/h2-7,13,18,20H,8-11H2,1H3,(H,19,21);1H. The van der Waals surface area contributed by atoms with Crippen molar-refractivity contribution < 1.29 is 13.2 Å². The van der Waals surface area contributed by atoms with Gasteiger partial charge in [0.2, 0.25) is 15.9 Å². The molecule has 1 saturated heterocycles. The molecule has 1 aliphatic rings. The number of amides is 1. The molecule has 2 aromatic carbocycles. The third-order valence-electron chi connectivity index (χ3n) is 4.15. The van der Waals surface area contributed by atoms with E-state index in [2.05, 4.69) is 15.4 Å². The fraction of sp³-hybridized carbons (Fsp3) is 0.353. The second-order valence-electron chi connectivity index (χ2n) is 5.98. The van der Waals surface area contributed by atoms with Crippen LogP contribution in [0.4, 0.5) is 5.69 Å². The topological polar surface area (TPSA) is 87.3 Å². The summed E-state index contributed by atoms with van der Waals surface area (Å²) in [6, 6.07) is 10.3. The molecule has 0 spiro atoms. The number of carbonyl (C=O) groups is 1. The first-order valence-corrected chi connectivity index (χ1v) is 9.48. The minimum atomic E-state index is -3.62. The van der Waals surface area contributed by atoms with E-state index in [0.29, 0.717) is 16.5 Å². The van der Waals surface area contributed by atoms with Gasteiger partial charge in [0.05, 0.1) is 4.90 Å². The average Bonchev–Trinajstić information content (AvgIpc) is 2.55. The molecule has 25 heavy (non-hydrogen) atoms. The monoisotopic (exact) mass is 383 g/mol. The lowest BCUT2D eigenvalue weighted by Gasteiger charge is -2.24. The largest absolute Gasteiger partial charge is 0.326 e. The molecule has 1 aliphatic heterocycles. The molecule has 136 valence electrons. The number of hydrogen-bond donors (Lipinski definition) is 3. The molecule has 0 radical (unpaired) electrons. The summed E-state index contributed by atoms with van der Waals surface area (Å²) in [6.45, 7) is 3.06. The van der Waals surface area contributed by atoms with Gasteiger partial charge in [-0.25, -0.2) is 13.1 Å². The van der Waals surface area contributed by atoms with Crippen LogP contribution >= 0.6 is 12.4 Å². The van der Waals surface area contributed by atoms with Crippen LogP contribution in [0.2, 0.25) is 0 Å². The van der Waals surface area contributed by atoms with E-state index < -0.39 is 10.0 Å². The van der Waals surface area contributed by atoms with E-state index in [0.717, 1.165) is 25.9 Å². The highest BCUT2D eigenvalue weighted by molar-refractivity contribution is 7.89. The van der Waals surface area contributed by atoms with Crippen molar-refractivity contribution in [1.29, 1.82) is 0 Å². The van der Waals surface area contributed by atoms with Crippen molar-refractivity contribution in [2.24, 2.45) is 0 Å². The molecule has 3 rings (SSSR count). The Labute approximate surface area is 153 Å². The SMILES string of the molecule is CC(=O)Nc1ccc(S(=O)(=O)NC2CCNCC2)c2ccccc12.Cl. The molecule has 0 aliphatic carbocycles. The first-order chi connectivity index (χ1) is 11.5. The maximum Gasteiger partial charge on any atom is 0.241 e. The summed E-state index contributed by atoms with van der Waals surface area (Å²) in [6.07, 6.45) is 1.56. The summed E-state index contributed by atoms with van der Waals surface area (Å²) in [5.41, 5.74) is 0.610. The normalized spacial score (nSPS) is 15.6. The first kappa shape index (κ1) is 19.7. The Bertz CT molecular complexity index is 865. The zero-order valence-corrected chi connectivity index (χ0v) is 15.5. The third-order valence-corrected chi connectivity index (χ3v) is 5.72. The Balaban J connectivity index is 0.00000225. The average molecular weight is 384 g/mol. The van der Waals surface area contributed by atoms with E-state index in [9.17, 15) is 13.2 Å². The van der Waals surface area contributed by atoms with Gasteiger partial charge in [0, 0.05) is 29.4 Å². The van der Waals surface area contributed by atoms with E-state index in [1.165, 1.54) is 6.92 Å². The molecule has 0 atom stereocenters. The maximum atomic E-state index is 12.8. The molecule has 0 aromatic heterocycles. The van der Waals surface area contributed by atoms with Crippen LogP contribution < -0.4 is 15.4 Å². The maximum absolute atomic E-state index is 12.8. The fourth-order valence-corrected chi connectivity index (χ4v) is 4.54. The molecule has 0 saturated carbocycles. The second kappa shape index (κ2) is 8.14. The highest BCUT2D eigenvalue weighted by Crippen LogP contribution is 2.29. The fourth-order valence-electron chi connectivity index (χ4n) is 3.03. The van der Waals surface area contributed by atoms with Gasteiger partial charge in [-0.05, 0) is 38.1 Å². The van der Waals surface area contributed by atoms with Crippen molar-refractivity contribution in [3.05, 3.63) is 36.4 Å². The van der Waals surface area contributed by atoms with Crippen LogP contribution in [0.15, 0.2) is 41.3 Å². The van der Waals surface area contributed by atoms with E-state index >= 15 is 0 Å². The van der Waals surface area contributed by atoms with E-state index in [1.54, 1.807) is 24.3 Å². The zero-order chi connectivity index (χ0) is 17.2. The lowest BCUT2D eigenvalue weighted by atomic mass is 10.1. The smallest absolute Gasteiger partial charge is 0.241 e. The molecular formula is C17H22ClN3O3S. The lowest BCUT2D eigenvalue weighted by molar-refractivity contribution is -0.114. The number of sulfonamides is 1. The lowest BCUT2D eigenvalue weighted by Crippen LogP contribution is -2.42. The van der Waals surface area contributed by atoms with Gasteiger partial charge < -0.3 is 10.6 Å². The summed E-state index contributed by atoms with van der Waals surface area (Å²) in [7, 11) is -3.62. The Kier molecular flexibility index (Phi) is 6.40. The Morgan fingerprint density at radius 2 is 1.72 bits per heavy atom. The van der Waals surface area contributed by atoms with E-state index in [4.69, 9.17) is 0 Å². The van der Waals surface area contributed by atoms with Gasteiger partial charge in [-0.15, -0.1) is 12.4 Å². The van der Waals surface area contributed by atoms with Gasteiger partial charge >= 0.3 is 0 Å². The molecule has 1 amide bonds. The van der Waals surface area contributed by atoms with Gasteiger partial charge in [0.25, 0.3) is 0 Å². The van der Waals surface area contributed by atoms with Crippen LogP contribution in [-0.2, 0) is 14.8 Å². The molecule has 0 bridgehead atoms. The molecule has 8 heteroatoms. The number of fused-ring (bicyclic) bond motifs is 1. The molecular weight excluding hydrogens is 362 g/mol. The number of benzene rings is 2. The van der Waals surface area contributed by atoms with Crippen molar-refractivity contribution in [2.75, 3.05) is 18.4 Å². The summed E-state index contributed by atoms with van der Waals surface area (Å²) >= 11 is 0. The first-order valence-electron chi connectivity index (χ1n) is 8.00. The van der Waals surface area contributed by atoms with Gasteiger partial charge in [0.15, 0.2) is 0 Å². The highest BCUT2D eigenvalue weighted by atomic mass is 35.5. The van der Waals surface area contributed by atoms with E-state index in [-0.39, 0.29) is 29.3 Å². The number of carbonyl (C=O) groups excluding carboxylic acids is 1. The van der Waals surface area contributed by atoms with Gasteiger partial charge in [-0.1, -0.05) is 24.3 Å². The minimum absolute atomic E-state index is 0. The second-order valence-corrected chi connectivity index (χ2v) is 7.67. The summed E-state index contributed by atoms with van der Waals surface area (Å²) in [5.74, 6) is -0.191. The Hall–Kier alpha value is -1.67. The van der Waals surface area contributed by atoms with Crippen molar-refractivity contribution >= 4 is 44.8 Å². The van der Waals surface area contributed by atoms with Crippen LogP contribution in [-0.4, -0.2) is 33.5 Å². The minimum Gasteiger partial charge on any atom is -0.326 e. The summed E-state index contributed by atoms with van der Waals surface area (Å²) in [5, 5.41) is 7.28. The quantitative estimate of drug-likeness (QED) is 0.755. The van der Waals surface area contributed by atoms with Crippen molar-refractivity contribution in [1.82, 2.24) is 10.0 Å². The number of nitrogens with one attached hydrogen (secondary N) is 3. The van der Waals surface area contributed by atoms with E-state index in [1.807, 2.05) is 12.1 Å². The molecule has 2 aromatic rings. The van der Waals surface area contributed by atoms with Gasteiger partial charge in [-0.3, -0.25) is 4.79 Å². The summed E-state index contributed by atoms with van der Waals surface area (Å²) in [4.78, 5) is 11.6. The number of anilines is 1. The van der Waals surface area contributed by atoms with Crippen LogP contribution in [0.3, 0.4) is 0 Å². The summed E-state index contributed by atoms with van der Waals surface area (Å²) < 4.78 is 28.5. The number of rotatable bonds is 4. The van der Waals surface area contributed by atoms with Crippen LogP contribution in [0.25, 0.3) is 10.8 Å². The highest BCUT2D eigenvalue weighted by Gasteiger charge is 2.24. The molecule has 3 N–H and O–H groups in total. The van der Waals surface area contributed by atoms with Crippen LogP contribution in [0.1, 0.15) is 19.8 Å². The van der Waals surface area contributed by atoms with Gasteiger partial charge in [-0.2, -0.15) is 0 Å². The predicted octanol–water partition coefficient (Wildman–Crippen LogP) is 2.25. The number of halogens is 1. The van der Waals surface area contributed by atoms with Crippen molar-refractivity contribution in [3.8, 4) is 0 Å². The van der Waals surface area contributed by atoms with Gasteiger partial charge in [0.1, 0.15) is 0 Å². The van der Waals surface area contributed by atoms with Crippen LogP contribution in [0.5, 0.6) is 0 Å². The number of piperidine rings is 1. The van der Waals surface area contributed by atoms with Crippen molar-refractivity contribution in [3.63, 3.8) is 0 Å². The van der Waals surface area contributed by atoms with Crippen LogP contribution in [0, 0.1) is 0 Å². The predicted molar refractivity (Wildman–Crippen MR) is 102 cm³/mol. The molecule has 1 heterocycles. The van der Waals surface area contributed by atoms with Crippen molar-refractivity contribution in [2.45, 2.75) is 30.7 Å². The Morgan fingerprint density at radius 3 is 2.36 bits per heavy atom. The number of hydrogen-bond acceptors (Lipinski definition) is 4. The Morgan fingerprint density at radius 1 is 1.08 bits per heavy atom. The third kappa shape index (κ3) is 4.49.